The zero-order chi connectivity index (χ0) is 23.1. The number of ether oxygens (including phenoxy) is 1. The largest absolute Gasteiger partial charge is 0.463 e. The van der Waals surface area contributed by atoms with Gasteiger partial charge in [-0.3, -0.25) is 14.5 Å². The van der Waals surface area contributed by atoms with Gasteiger partial charge in [-0.05, 0) is 46.2 Å². The number of esters is 1. The molecule has 7 heteroatoms. The van der Waals surface area contributed by atoms with Gasteiger partial charge < -0.3 is 15.0 Å². The second-order valence-electron chi connectivity index (χ2n) is 9.59. The molecule has 1 saturated carbocycles. The van der Waals surface area contributed by atoms with Crippen molar-refractivity contribution in [1.82, 2.24) is 15.1 Å². The minimum atomic E-state index is -0.662. The predicted octanol–water partition coefficient (Wildman–Crippen LogP) is 2.75. The van der Waals surface area contributed by atoms with Gasteiger partial charge in [-0.2, -0.15) is 0 Å². The van der Waals surface area contributed by atoms with E-state index in [0.29, 0.717) is 12.2 Å². The summed E-state index contributed by atoms with van der Waals surface area (Å²) in [7, 11) is 5.56. The van der Waals surface area contributed by atoms with Crippen LogP contribution in [0.5, 0.6) is 0 Å². The van der Waals surface area contributed by atoms with Crippen LogP contribution in [-0.2, 0) is 19.1 Å². The van der Waals surface area contributed by atoms with Crippen LogP contribution < -0.4 is 5.32 Å². The molecule has 1 unspecified atom stereocenters. The Labute approximate surface area is 182 Å². The Kier molecular flexibility index (Phi) is 9.53. The van der Waals surface area contributed by atoms with Crippen LogP contribution in [0.3, 0.4) is 0 Å². The molecule has 0 aromatic carbocycles. The zero-order valence-electron chi connectivity index (χ0n) is 20.1. The molecular weight excluding hydrogens is 382 g/mol. The van der Waals surface area contributed by atoms with E-state index in [1.54, 1.807) is 31.9 Å². The topological polar surface area (TPSA) is 79.0 Å². The summed E-state index contributed by atoms with van der Waals surface area (Å²) in [5, 5.41) is 3.08. The second-order valence-corrected chi connectivity index (χ2v) is 9.59. The third-order valence-corrected chi connectivity index (χ3v) is 5.99. The lowest BCUT2D eigenvalue weighted by Gasteiger charge is -2.43. The van der Waals surface area contributed by atoms with Gasteiger partial charge >= 0.3 is 5.97 Å². The smallest absolute Gasteiger partial charge is 0.333 e. The van der Waals surface area contributed by atoms with Gasteiger partial charge in [0.25, 0.3) is 0 Å². The molecule has 0 saturated heterocycles. The maximum Gasteiger partial charge on any atom is 0.333 e. The van der Waals surface area contributed by atoms with E-state index in [9.17, 15) is 14.4 Å². The van der Waals surface area contributed by atoms with Crippen molar-refractivity contribution in [3.63, 3.8) is 0 Å². The van der Waals surface area contributed by atoms with Crippen LogP contribution in [-0.4, -0.2) is 73.5 Å². The van der Waals surface area contributed by atoms with Crippen molar-refractivity contribution < 1.29 is 19.1 Å². The highest BCUT2D eigenvalue weighted by Crippen LogP contribution is 2.33. The number of hydrogen-bond acceptors (Lipinski definition) is 5. The Bertz CT molecular complexity index is 643. The number of nitrogens with one attached hydrogen (secondary N) is 1. The molecule has 1 N–H and O–H groups in total. The van der Waals surface area contributed by atoms with E-state index in [1.165, 1.54) is 0 Å². The summed E-state index contributed by atoms with van der Waals surface area (Å²) in [4.78, 5) is 41.9. The minimum absolute atomic E-state index is 0.0767. The number of rotatable bonds is 8. The fraction of sp³-hybridized carbons (Fsp3) is 0.783. The maximum atomic E-state index is 13.4. The molecule has 30 heavy (non-hydrogen) atoms. The Morgan fingerprint density at radius 2 is 1.67 bits per heavy atom. The average molecular weight is 424 g/mol. The molecule has 2 amide bonds. The number of carbonyl (C=O) groups is 3. The van der Waals surface area contributed by atoms with Gasteiger partial charge in [0.2, 0.25) is 11.8 Å². The quantitative estimate of drug-likeness (QED) is 0.480. The molecule has 1 aliphatic rings. The van der Waals surface area contributed by atoms with Crippen LogP contribution in [0.4, 0.5) is 0 Å². The standard InChI is InChI=1S/C23H41N3O4/c1-9-30-20(28)17(2)13-16-26(8)19(27)18(22(3,4)5)24-21(29)23(25(6)7)14-11-10-12-15-23/h13,18H,9-12,14-16H2,1-8H3,(H,24,29)/b17-13+. The predicted molar refractivity (Wildman–Crippen MR) is 119 cm³/mol. The SMILES string of the molecule is CCOC(=O)/C(C)=C/CN(C)C(=O)C(NC(=O)C1(N(C)C)CCCCC1)C(C)(C)C. The Morgan fingerprint density at radius 1 is 1.10 bits per heavy atom. The molecule has 1 atom stereocenters. The highest BCUT2D eigenvalue weighted by molar-refractivity contribution is 5.93. The van der Waals surface area contributed by atoms with Crippen molar-refractivity contribution in [1.29, 1.82) is 0 Å². The van der Waals surface area contributed by atoms with Crippen LogP contribution >= 0.6 is 0 Å². The first-order valence-electron chi connectivity index (χ1n) is 10.9. The summed E-state index contributed by atoms with van der Waals surface area (Å²) in [6, 6.07) is -0.662. The molecule has 7 nitrogen and oxygen atoms in total. The molecule has 1 fully saturated rings. The van der Waals surface area contributed by atoms with Gasteiger partial charge in [-0.25, -0.2) is 4.79 Å². The molecular formula is C23H41N3O4. The van der Waals surface area contributed by atoms with Crippen LogP contribution in [0.1, 0.15) is 66.7 Å². The summed E-state index contributed by atoms with van der Waals surface area (Å²) in [6.45, 7) is 9.86. The third-order valence-electron chi connectivity index (χ3n) is 5.99. The highest BCUT2D eigenvalue weighted by Gasteiger charge is 2.44. The Morgan fingerprint density at radius 3 is 2.13 bits per heavy atom. The summed E-state index contributed by atoms with van der Waals surface area (Å²) in [6.07, 6.45) is 6.44. The van der Waals surface area contributed by atoms with E-state index in [2.05, 4.69) is 5.32 Å². The summed E-state index contributed by atoms with van der Waals surface area (Å²) < 4.78 is 4.98. The van der Waals surface area contributed by atoms with Gasteiger partial charge in [0.1, 0.15) is 6.04 Å². The lowest BCUT2D eigenvalue weighted by atomic mass is 9.78. The third kappa shape index (κ3) is 6.56. The number of nitrogens with zero attached hydrogens (tertiary/aromatic N) is 2. The summed E-state index contributed by atoms with van der Waals surface area (Å²) >= 11 is 0. The van der Waals surface area contributed by atoms with Crippen molar-refractivity contribution in [3.05, 3.63) is 11.6 Å². The number of amides is 2. The normalized spacial score (nSPS) is 18.0. The molecule has 0 aliphatic heterocycles. The molecule has 0 aromatic rings. The zero-order valence-corrected chi connectivity index (χ0v) is 20.1. The van der Waals surface area contributed by atoms with E-state index in [4.69, 9.17) is 4.74 Å². The molecule has 0 spiro atoms. The van der Waals surface area contributed by atoms with E-state index in [1.807, 2.05) is 39.8 Å². The lowest BCUT2D eigenvalue weighted by molar-refractivity contribution is -0.143. The van der Waals surface area contributed by atoms with Gasteiger partial charge in [0.15, 0.2) is 0 Å². The second kappa shape index (κ2) is 10.9. The molecule has 0 aromatic heterocycles. The van der Waals surface area contributed by atoms with E-state index in [-0.39, 0.29) is 24.3 Å². The lowest BCUT2D eigenvalue weighted by Crippen LogP contribution is -2.63. The summed E-state index contributed by atoms with van der Waals surface area (Å²) in [5.74, 6) is -0.634. The van der Waals surface area contributed by atoms with Gasteiger partial charge in [-0.1, -0.05) is 46.1 Å². The fourth-order valence-electron chi connectivity index (χ4n) is 3.84. The number of carbonyl (C=O) groups excluding carboxylic acids is 3. The van der Waals surface area contributed by atoms with Gasteiger partial charge in [0.05, 0.1) is 12.1 Å². The van der Waals surface area contributed by atoms with Crippen molar-refractivity contribution in [2.24, 2.45) is 5.41 Å². The van der Waals surface area contributed by atoms with Crippen LogP contribution in [0.2, 0.25) is 0 Å². The van der Waals surface area contributed by atoms with Crippen LogP contribution in [0.15, 0.2) is 11.6 Å². The molecule has 0 radical (unpaired) electrons. The maximum absolute atomic E-state index is 13.4. The van der Waals surface area contributed by atoms with Crippen molar-refractivity contribution in [2.45, 2.75) is 78.3 Å². The Hall–Kier alpha value is -1.89. The monoisotopic (exact) mass is 423 g/mol. The van der Waals surface area contributed by atoms with Gasteiger partial charge in [0, 0.05) is 19.2 Å². The van der Waals surface area contributed by atoms with Crippen molar-refractivity contribution >= 4 is 17.8 Å². The van der Waals surface area contributed by atoms with E-state index >= 15 is 0 Å². The summed E-state index contributed by atoms with van der Waals surface area (Å²) in [5.41, 5.74) is -0.564. The minimum Gasteiger partial charge on any atom is -0.463 e. The van der Waals surface area contributed by atoms with Crippen LogP contribution in [0.25, 0.3) is 0 Å². The van der Waals surface area contributed by atoms with E-state index < -0.39 is 17.0 Å². The number of likely N-dealkylation sites (N-methyl/N-ethyl adjacent to an activating group) is 2. The fourth-order valence-corrected chi connectivity index (χ4v) is 3.84. The molecule has 1 rings (SSSR count). The molecule has 0 heterocycles. The Balaban J connectivity index is 2.98. The van der Waals surface area contributed by atoms with Crippen molar-refractivity contribution in [2.75, 3.05) is 34.3 Å². The first-order valence-corrected chi connectivity index (χ1v) is 10.9. The first-order chi connectivity index (χ1) is 13.9. The highest BCUT2D eigenvalue weighted by atomic mass is 16.5. The van der Waals surface area contributed by atoms with Crippen LogP contribution in [0, 0.1) is 5.41 Å². The first kappa shape index (κ1) is 26.1. The van der Waals surface area contributed by atoms with E-state index in [0.717, 1.165) is 32.1 Å². The van der Waals surface area contributed by atoms with Crippen molar-refractivity contribution in [3.8, 4) is 0 Å². The van der Waals surface area contributed by atoms with Gasteiger partial charge in [-0.15, -0.1) is 0 Å². The molecule has 172 valence electrons. The molecule has 0 bridgehead atoms. The average Bonchev–Trinajstić information content (AvgIpc) is 2.68. The molecule has 1 aliphatic carbocycles. The number of hydrogen-bond donors (Lipinski definition) is 1.